The van der Waals surface area contributed by atoms with Gasteiger partial charge < -0.3 is 5.32 Å². The fourth-order valence-corrected chi connectivity index (χ4v) is 1.56. The van der Waals surface area contributed by atoms with Crippen molar-refractivity contribution in [3.05, 3.63) is 52.8 Å². The van der Waals surface area contributed by atoms with Gasteiger partial charge in [0.05, 0.1) is 12.2 Å². The number of halogens is 1. The Labute approximate surface area is 104 Å². The Morgan fingerprint density at radius 3 is 2.65 bits per heavy atom. The minimum Gasteiger partial charge on any atom is -0.346 e. The maximum absolute atomic E-state index is 11.7. The molecule has 0 bridgehead atoms. The third-order valence-electron chi connectivity index (χ3n) is 2.31. The second kappa shape index (κ2) is 5.01. The first-order valence-corrected chi connectivity index (χ1v) is 5.55. The molecule has 1 amide bonds. The lowest BCUT2D eigenvalue weighted by atomic mass is 10.2. The third kappa shape index (κ3) is 3.07. The lowest BCUT2D eigenvalue weighted by Gasteiger charge is -2.03. The molecule has 2 rings (SSSR count). The van der Waals surface area contributed by atoms with Crippen LogP contribution in [-0.2, 0) is 13.6 Å². The van der Waals surface area contributed by atoms with Crippen LogP contribution in [0.5, 0.6) is 0 Å². The Bertz CT molecular complexity index is 519. The molecule has 0 spiro atoms. The fraction of sp³-hybridized carbons (Fsp3) is 0.167. The van der Waals surface area contributed by atoms with Gasteiger partial charge in [-0.05, 0) is 30.3 Å². The summed E-state index contributed by atoms with van der Waals surface area (Å²) in [5, 5.41) is 7.58. The number of nitrogens with zero attached hydrogens (tertiary/aromatic N) is 2. The number of benzene rings is 1. The molecule has 1 heterocycles. The average molecular weight is 250 g/mol. The first-order valence-electron chi connectivity index (χ1n) is 5.17. The predicted octanol–water partition coefficient (Wildman–Crippen LogP) is 2.00. The van der Waals surface area contributed by atoms with E-state index in [1.165, 1.54) is 0 Å². The zero-order valence-corrected chi connectivity index (χ0v) is 10.1. The molecule has 1 aromatic carbocycles. The second-order valence-corrected chi connectivity index (χ2v) is 4.11. The highest BCUT2D eigenvalue weighted by Crippen LogP contribution is 2.09. The summed E-state index contributed by atoms with van der Waals surface area (Å²) in [6.45, 7) is 0.419. The number of nitrogens with one attached hydrogen (secondary N) is 1. The van der Waals surface area contributed by atoms with Crippen LogP contribution in [-0.4, -0.2) is 15.7 Å². The van der Waals surface area contributed by atoms with Gasteiger partial charge >= 0.3 is 0 Å². The highest BCUT2D eigenvalue weighted by atomic mass is 35.5. The van der Waals surface area contributed by atoms with Gasteiger partial charge in [-0.3, -0.25) is 9.48 Å². The Hall–Kier alpha value is -1.81. The number of aryl methyl sites for hydroxylation is 1. The van der Waals surface area contributed by atoms with Gasteiger partial charge in [-0.25, -0.2) is 0 Å². The number of hydrogen-bond acceptors (Lipinski definition) is 2. The minimum absolute atomic E-state index is 0.132. The van der Waals surface area contributed by atoms with E-state index < -0.39 is 0 Å². The molecule has 0 unspecified atom stereocenters. The van der Waals surface area contributed by atoms with Crippen molar-refractivity contribution in [2.45, 2.75) is 6.54 Å². The first kappa shape index (κ1) is 11.7. The number of hydrogen-bond donors (Lipinski definition) is 1. The maximum Gasteiger partial charge on any atom is 0.251 e. The molecule has 0 aliphatic rings. The van der Waals surface area contributed by atoms with Crippen LogP contribution in [0, 0.1) is 0 Å². The van der Waals surface area contributed by atoms with Crippen molar-refractivity contribution < 1.29 is 4.79 Å². The summed E-state index contributed by atoms with van der Waals surface area (Å²) in [6.07, 6.45) is 1.84. The van der Waals surface area contributed by atoms with Crippen LogP contribution in [0.3, 0.4) is 0 Å². The highest BCUT2D eigenvalue weighted by Gasteiger charge is 2.05. The number of aromatic nitrogens is 2. The SMILES string of the molecule is Cn1ccc(CNC(=O)c2ccc(Cl)cc2)n1. The van der Waals surface area contributed by atoms with Crippen LogP contribution in [0.15, 0.2) is 36.5 Å². The van der Waals surface area contributed by atoms with Crippen molar-refractivity contribution in [3.8, 4) is 0 Å². The van der Waals surface area contributed by atoms with E-state index >= 15 is 0 Å². The molecular weight excluding hydrogens is 238 g/mol. The maximum atomic E-state index is 11.7. The van der Waals surface area contributed by atoms with E-state index in [1.807, 2.05) is 19.3 Å². The first-order chi connectivity index (χ1) is 8.15. The molecule has 2 aromatic rings. The highest BCUT2D eigenvalue weighted by molar-refractivity contribution is 6.30. The molecule has 0 aliphatic carbocycles. The van der Waals surface area contributed by atoms with E-state index in [0.717, 1.165) is 5.69 Å². The van der Waals surface area contributed by atoms with Gasteiger partial charge in [-0.15, -0.1) is 0 Å². The molecule has 88 valence electrons. The van der Waals surface area contributed by atoms with Crippen LogP contribution < -0.4 is 5.32 Å². The number of carbonyl (C=O) groups excluding carboxylic acids is 1. The summed E-state index contributed by atoms with van der Waals surface area (Å²) in [4.78, 5) is 11.7. The Kier molecular flexibility index (Phi) is 3.44. The minimum atomic E-state index is -0.132. The van der Waals surface area contributed by atoms with Gasteiger partial charge in [0.1, 0.15) is 0 Å². The second-order valence-electron chi connectivity index (χ2n) is 3.67. The van der Waals surface area contributed by atoms with Crippen LogP contribution in [0.25, 0.3) is 0 Å². The molecule has 17 heavy (non-hydrogen) atoms. The van der Waals surface area contributed by atoms with Gasteiger partial charge in [0, 0.05) is 23.8 Å². The van der Waals surface area contributed by atoms with E-state index in [1.54, 1.807) is 28.9 Å². The average Bonchev–Trinajstić information content (AvgIpc) is 2.73. The standard InChI is InChI=1S/C12H12ClN3O/c1-16-7-6-11(15-16)8-14-12(17)9-2-4-10(13)5-3-9/h2-7H,8H2,1H3,(H,14,17). The summed E-state index contributed by atoms with van der Waals surface area (Å²) < 4.78 is 1.70. The fourth-order valence-electron chi connectivity index (χ4n) is 1.43. The lowest BCUT2D eigenvalue weighted by molar-refractivity contribution is 0.0950. The largest absolute Gasteiger partial charge is 0.346 e. The van der Waals surface area contributed by atoms with Gasteiger partial charge in [0.2, 0.25) is 0 Å². The molecule has 4 nitrogen and oxygen atoms in total. The summed E-state index contributed by atoms with van der Waals surface area (Å²) >= 11 is 5.75. The molecule has 5 heteroatoms. The molecule has 1 aromatic heterocycles. The van der Waals surface area contributed by atoms with Crippen molar-refractivity contribution >= 4 is 17.5 Å². The summed E-state index contributed by atoms with van der Waals surface area (Å²) in [6, 6.07) is 8.63. The molecular formula is C12H12ClN3O. The summed E-state index contributed by atoms with van der Waals surface area (Å²) in [7, 11) is 1.84. The smallest absolute Gasteiger partial charge is 0.251 e. The van der Waals surface area contributed by atoms with Crippen molar-refractivity contribution in [2.24, 2.45) is 7.05 Å². The number of amides is 1. The van der Waals surface area contributed by atoms with Gasteiger partial charge in [-0.2, -0.15) is 5.10 Å². The topological polar surface area (TPSA) is 46.9 Å². The molecule has 0 saturated heterocycles. The van der Waals surface area contributed by atoms with E-state index in [-0.39, 0.29) is 5.91 Å². The third-order valence-corrected chi connectivity index (χ3v) is 2.56. The van der Waals surface area contributed by atoms with E-state index in [2.05, 4.69) is 10.4 Å². The predicted molar refractivity (Wildman–Crippen MR) is 65.8 cm³/mol. The van der Waals surface area contributed by atoms with Crippen LogP contribution in [0.1, 0.15) is 16.1 Å². The van der Waals surface area contributed by atoms with Crippen LogP contribution >= 0.6 is 11.6 Å². The molecule has 1 N–H and O–H groups in total. The van der Waals surface area contributed by atoms with E-state index in [4.69, 9.17) is 11.6 Å². The summed E-state index contributed by atoms with van der Waals surface area (Å²) in [5.74, 6) is -0.132. The number of carbonyl (C=O) groups is 1. The van der Waals surface area contributed by atoms with Crippen LogP contribution in [0.4, 0.5) is 0 Å². The molecule has 0 radical (unpaired) electrons. The van der Waals surface area contributed by atoms with Crippen molar-refractivity contribution in [1.82, 2.24) is 15.1 Å². The normalized spacial score (nSPS) is 10.2. The Morgan fingerprint density at radius 2 is 2.06 bits per heavy atom. The lowest BCUT2D eigenvalue weighted by Crippen LogP contribution is -2.22. The molecule has 0 fully saturated rings. The van der Waals surface area contributed by atoms with Crippen molar-refractivity contribution in [3.63, 3.8) is 0 Å². The van der Waals surface area contributed by atoms with Gasteiger partial charge in [0.15, 0.2) is 0 Å². The van der Waals surface area contributed by atoms with Gasteiger partial charge in [-0.1, -0.05) is 11.6 Å². The van der Waals surface area contributed by atoms with Crippen LogP contribution in [0.2, 0.25) is 5.02 Å². The summed E-state index contributed by atoms with van der Waals surface area (Å²) in [5.41, 5.74) is 1.42. The van der Waals surface area contributed by atoms with Crippen molar-refractivity contribution in [1.29, 1.82) is 0 Å². The Balaban J connectivity index is 1.95. The Morgan fingerprint density at radius 1 is 1.35 bits per heavy atom. The number of rotatable bonds is 3. The van der Waals surface area contributed by atoms with E-state index in [0.29, 0.717) is 17.1 Å². The zero-order chi connectivity index (χ0) is 12.3. The quantitative estimate of drug-likeness (QED) is 0.905. The van der Waals surface area contributed by atoms with Crippen molar-refractivity contribution in [2.75, 3.05) is 0 Å². The molecule has 0 aliphatic heterocycles. The molecule has 0 saturated carbocycles. The zero-order valence-electron chi connectivity index (χ0n) is 9.35. The monoisotopic (exact) mass is 249 g/mol. The molecule has 0 atom stereocenters. The van der Waals surface area contributed by atoms with E-state index in [9.17, 15) is 4.79 Å². The van der Waals surface area contributed by atoms with Gasteiger partial charge in [0.25, 0.3) is 5.91 Å².